The highest BCUT2D eigenvalue weighted by Crippen LogP contribution is 2.34. The number of hydrogen-bond acceptors (Lipinski definition) is 3. The maximum absolute atomic E-state index is 5.19. The summed E-state index contributed by atoms with van der Waals surface area (Å²) in [6, 6.07) is 3.76. The number of benzene rings is 1. The van der Waals surface area contributed by atoms with Crippen LogP contribution in [0.15, 0.2) is 12.1 Å². The Kier molecular flexibility index (Phi) is 2.68. The van der Waals surface area contributed by atoms with Gasteiger partial charge in [0.15, 0.2) is 0 Å². The molecule has 1 N–H and O–H groups in total. The minimum Gasteiger partial charge on any atom is -0.565 e. The van der Waals surface area contributed by atoms with Gasteiger partial charge in [0.1, 0.15) is 11.5 Å². The smallest absolute Gasteiger partial charge is 0.374 e. The van der Waals surface area contributed by atoms with E-state index in [1.54, 1.807) is 6.07 Å². The first-order chi connectivity index (χ1) is 6.86. The summed E-state index contributed by atoms with van der Waals surface area (Å²) >= 11 is 0. The molecule has 0 unspecified atom stereocenters. The summed E-state index contributed by atoms with van der Waals surface area (Å²) in [5.74, 6) is 0.993. The van der Waals surface area contributed by atoms with Crippen molar-refractivity contribution in [1.29, 1.82) is 0 Å². The van der Waals surface area contributed by atoms with Crippen molar-refractivity contribution in [3.05, 3.63) is 23.3 Å². The second-order valence-corrected chi connectivity index (χ2v) is 3.19. The standard InChI is InChI=1S/C9H9B2NO2/c10-13-8-2-1-6-3-4-12-5-7(6)9(8)14-11/h1-2,12H,3-5H2. The molecule has 0 saturated heterocycles. The minimum absolute atomic E-state index is 0.468. The molecule has 4 radical (unpaired) electrons. The van der Waals surface area contributed by atoms with E-state index >= 15 is 0 Å². The van der Waals surface area contributed by atoms with E-state index < -0.39 is 0 Å². The lowest BCUT2D eigenvalue weighted by Crippen LogP contribution is -2.24. The third kappa shape index (κ3) is 1.48. The van der Waals surface area contributed by atoms with Crippen LogP contribution in [0.2, 0.25) is 0 Å². The van der Waals surface area contributed by atoms with Crippen LogP contribution in [0.4, 0.5) is 0 Å². The van der Waals surface area contributed by atoms with Gasteiger partial charge in [0.2, 0.25) is 0 Å². The molecule has 0 saturated carbocycles. The maximum Gasteiger partial charge on any atom is 0.374 e. The third-order valence-electron chi connectivity index (χ3n) is 2.44. The van der Waals surface area contributed by atoms with Crippen molar-refractivity contribution in [2.75, 3.05) is 6.54 Å². The van der Waals surface area contributed by atoms with E-state index in [1.165, 1.54) is 5.56 Å². The second kappa shape index (κ2) is 3.96. The molecule has 5 heteroatoms. The summed E-state index contributed by atoms with van der Waals surface area (Å²) in [5.41, 5.74) is 2.26. The molecule has 1 aliphatic rings. The van der Waals surface area contributed by atoms with Crippen molar-refractivity contribution in [3.63, 3.8) is 0 Å². The molecule has 68 valence electrons. The van der Waals surface area contributed by atoms with Gasteiger partial charge in [0, 0.05) is 12.1 Å². The predicted octanol–water partition coefficient (Wildman–Crippen LogP) is 0.257. The van der Waals surface area contributed by atoms with Crippen LogP contribution in [0, 0.1) is 0 Å². The van der Waals surface area contributed by atoms with Gasteiger partial charge >= 0.3 is 16.1 Å². The van der Waals surface area contributed by atoms with Gasteiger partial charge in [-0.15, -0.1) is 0 Å². The first-order valence-corrected chi connectivity index (χ1v) is 4.45. The van der Waals surface area contributed by atoms with Crippen LogP contribution in [0.3, 0.4) is 0 Å². The largest absolute Gasteiger partial charge is 0.565 e. The summed E-state index contributed by atoms with van der Waals surface area (Å²) in [7, 11) is 10.3. The fourth-order valence-electron chi connectivity index (χ4n) is 1.73. The quantitative estimate of drug-likeness (QED) is 0.670. The Bertz CT molecular complexity index is 329. The molecule has 0 aromatic heterocycles. The fourth-order valence-corrected chi connectivity index (χ4v) is 1.73. The fraction of sp³-hybridized carbons (Fsp3) is 0.333. The van der Waals surface area contributed by atoms with Crippen molar-refractivity contribution in [3.8, 4) is 11.5 Å². The van der Waals surface area contributed by atoms with Crippen LogP contribution in [0.25, 0.3) is 0 Å². The molecule has 2 rings (SSSR count). The van der Waals surface area contributed by atoms with Crippen molar-refractivity contribution in [1.82, 2.24) is 5.32 Å². The summed E-state index contributed by atoms with van der Waals surface area (Å²) in [4.78, 5) is 0. The molecule has 1 heterocycles. The molecular weight excluding hydrogens is 176 g/mol. The highest BCUT2D eigenvalue weighted by molar-refractivity contribution is 6.02. The van der Waals surface area contributed by atoms with Crippen molar-refractivity contribution < 1.29 is 9.31 Å². The Hall–Kier alpha value is -1.09. The Labute approximate surface area is 85.7 Å². The lowest BCUT2D eigenvalue weighted by atomic mass is 9.99. The highest BCUT2D eigenvalue weighted by Gasteiger charge is 2.16. The van der Waals surface area contributed by atoms with Gasteiger partial charge < -0.3 is 14.6 Å². The normalized spacial score (nSPS) is 14.6. The van der Waals surface area contributed by atoms with E-state index in [1.807, 2.05) is 6.07 Å². The predicted molar refractivity (Wildman–Crippen MR) is 54.6 cm³/mol. The number of fused-ring (bicyclic) bond motifs is 1. The molecule has 1 aromatic carbocycles. The zero-order valence-corrected chi connectivity index (χ0v) is 7.75. The maximum atomic E-state index is 5.19. The lowest BCUT2D eigenvalue weighted by molar-refractivity contribution is 0.520. The first-order valence-electron chi connectivity index (χ1n) is 4.45. The van der Waals surface area contributed by atoms with Crippen LogP contribution in [-0.4, -0.2) is 22.6 Å². The average Bonchev–Trinajstić information content (AvgIpc) is 2.27. The van der Waals surface area contributed by atoms with Crippen molar-refractivity contribution in [2.45, 2.75) is 13.0 Å². The Morgan fingerprint density at radius 3 is 2.79 bits per heavy atom. The van der Waals surface area contributed by atoms with E-state index in [4.69, 9.17) is 20.8 Å². The molecule has 0 spiro atoms. The summed E-state index contributed by atoms with van der Waals surface area (Å²) < 4.78 is 9.46. The van der Waals surface area contributed by atoms with E-state index in [2.05, 4.69) is 9.97 Å². The van der Waals surface area contributed by atoms with Gasteiger partial charge in [-0.2, -0.15) is 0 Å². The molecule has 0 amide bonds. The molecule has 0 fully saturated rings. The van der Waals surface area contributed by atoms with Crippen LogP contribution in [-0.2, 0) is 13.0 Å². The minimum atomic E-state index is 0.468. The molecule has 3 nitrogen and oxygen atoms in total. The van der Waals surface area contributed by atoms with Crippen molar-refractivity contribution >= 4 is 16.1 Å². The van der Waals surface area contributed by atoms with E-state index in [-0.39, 0.29) is 0 Å². The van der Waals surface area contributed by atoms with Gasteiger partial charge in [0.25, 0.3) is 0 Å². The van der Waals surface area contributed by atoms with Crippen LogP contribution in [0.5, 0.6) is 11.5 Å². The number of hydrogen-bond donors (Lipinski definition) is 1. The van der Waals surface area contributed by atoms with Gasteiger partial charge in [-0.05, 0) is 24.6 Å². The molecule has 1 aromatic rings. The second-order valence-electron chi connectivity index (χ2n) is 3.19. The molecule has 0 aliphatic carbocycles. The molecule has 0 atom stereocenters. The molecule has 1 aliphatic heterocycles. The average molecular weight is 185 g/mol. The summed E-state index contributed by atoms with van der Waals surface area (Å²) in [5, 5.41) is 3.24. The highest BCUT2D eigenvalue weighted by atomic mass is 16.5. The molecule has 14 heavy (non-hydrogen) atoms. The van der Waals surface area contributed by atoms with Crippen LogP contribution >= 0.6 is 0 Å². The van der Waals surface area contributed by atoms with Gasteiger partial charge in [-0.3, -0.25) is 0 Å². The topological polar surface area (TPSA) is 30.5 Å². The Morgan fingerprint density at radius 2 is 2.07 bits per heavy atom. The van der Waals surface area contributed by atoms with Crippen LogP contribution < -0.4 is 14.6 Å². The van der Waals surface area contributed by atoms with Gasteiger partial charge in [-0.25, -0.2) is 0 Å². The van der Waals surface area contributed by atoms with Gasteiger partial charge in [0.05, 0.1) is 0 Å². The zero-order chi connectivity index (χ0) is 9.97. The number of nitrogens with one attached hydrogen (secondary N) is 1. The van der Waals surface area contributed by atoms with E-state index in [0.717, 1.165) is 25.1 Å². The molecule has 0 bridgehead atoms. The summed E-state index contributed by atoms with van der Waals surface area (Å²) in [6.45, 7) is 1.71. The Morgan fingerprint density at radius 1 is 1.21 bits per heavy atom. The van der Waals surface area contributed by atoms with E-state index in [9.17, 15) is 0 Å². The van der Waals surface area contributed by atoms with E-state index in [0.29, 0.717) is 11.5 Å². The van der Waals surface area contributed by atoms with Crippen molar-refractivity contribution in [2.24, 2.45) is 0 Å². The van der Waals surface area contributed by atoms with Crippen LogP contribution in [0.1, 0.15) is 11.1 Å². The monoisotopic (exact) mass is 185 g/mol. The first kappa shape index (κ1) is 9.46. The number of rotatable bonds is 2. The third-order valence-corrected chi connectivity index (χ3v) is 2.44. The summed E-state index contributed by atoms with van der Waals surface area (Å²) in [6.07, 6.45) is 0.969. The zero-order valence-electron chi connectivity index (χ0n) is 7.75. The van der Waals surface area contributed by atoms with Gasteiger partial charge in [-0.1, -0.05) is 6.07 Å². The SMILES string of the molecule is [B]Oc1ccc2c(c1O[B])CNCC2. The molecular formula is C9H9B2NO2. The lowest BCUT2D eigenvalue weighted by Gasteiger charge is -2.21. The Balaban J connectivity index is 2.50.